The smallest absolute Gasteiger partial charge is 0.336 e. The van der Waals surface area contributed by atoms with E-state index < -0.39 is 24.7 Å². The van der Waals surface area contributed by atoms with E-state index in [1.807, 2.05) is 11.0 Å². The molecule has 0 spiro atoms. The number of carbonyl (C=O) groups excluding carboxylic acids is 2. The number of nitriles is 1. The monoisotopic (exact) mass is 394 g/mol. The summed E-state index contributed by atoms with van der Waals surface area (Å²) in [5.41, 5.74) is 0.957. The molecule has 0 aliphatic carbocycles. The van der Waals surface area contributed by atoms with Crippen LogP contribution in [0.25, 0.3) is 0 Å². The van der Waals surface area contributed by atoms with Crippen LogP contribution in [-0.2, 0) is 4.79 Å². The summed E-state index contributed by atoms with van der Waals surface area (Å²) < 4.78 is 38.0. The van der Waals surface area contributed by atoms with Gasteiger partial charge in [-0.05, 0) is 37.1 Å². The van der Waals surface area contributed by atoms with Gasteiger partial charge in [-0.2, -0.15) is 18.4 Å². The molecule has 2 heterocycles. The highest BCUT2D eigenvalue weighted by atomic mass is 19.4. The number of hydrogen-bond acceptors (Lipinski definition) is 4. The topological polar surface area (TPSA) is 67.7 Å². The molecular formula is C19H21F3N4O2. The normalized spacial score (nSPS) is 21.5. The van der Waals surface area contributed by atoms with Crippen molar-refractivity contribution in [3.05, 3.63) is 35.4 Å². The molecule has 0 unspecified atom stereocenters. The van der Waals surface area contributed by atoms with Crippen molar-refractivity contribution in [1.29, 1.82) is 5.26 Å². The lowest BCUT2D eigenvalue weighted by Crippen LogP contribution is -2.59. The van der Waals surface area contributed by atoms with E-state index in [1.165, 1.54) is 0 Å². The fourth-order valence-corrected chi connectivity index (χ4v) is 3.74. The van der Waals surface area contributed by atoms with Crippen LogP contribution in [0.2, 0.25) is 0 Å². The number of hydrogen-bond donors (Lipinski definition) is 0. The third-order valence-electron chi connectivity index (χ3n) is 5.18. The van der Waals surface area contributed by atoms with Gasteiger partial charge in [0, 0.05) is 38.3 Å². The minimum Gasteiger partial charge on any atom is -0.336 e. The Morgan fingerprint density at radius 2 is 1.75 bits per heavy atom. The quantitative estimate of drug-likeness (QED) is 0.785. The van der Waals surface area contributed by atoms with Crippen LogP contribution in [0.4, 0.5) is 13.2 Å². The van der Waals surface area contributed by atoms with Gasteiger partial charge in [0.2, 0.25) is 5.91 Å². The van der Waals surface area contributed by atoms with Gasteiger partial charge in [0.15, 0.2) is 0 Å². The number of nitrogens with zero attached hydrogens (tertiary/aromatic N) is 4. The van der Waals surface area contributed by atoms with Crippen LogP contribution in [0.15, 0.2) is 24.3 Å². The van der Waals surface area contributed by atoms with E-state index in [0.29, 0.717) is 50.1 Å². The summed E-state index contributed by atoms with van der Waals surface area (Å²) in [6.45, 7) is 0.617. The number of likely N-dealkylation sites (tertiary alicyclic amines) is 1. The van der Waals surface area contributed by atoms with E-state index in [2.05, 4.69) is 0 Å². The molecule has 2 saturated heterocycles. The molecule has 2 fully saturated rings. The maximum absolute atomic E-state index is 12.7. The molecule has 0 saturated carbocycles. The number of piperidine rings is 1. The highest BCUT2D eigenvalue weighted by Gasteiger charge is 2.40. The number of benzene rings is 1. The average Bonchev–Trinajstić information content (AvgIpc) is 2.68. The Morgan fingerprint density at radius 1 is 1.11 bits per heavy atom. The molecule has 1 atom stereocenters. The van der Waals surface area contributed by atoms with Gasteiger partial charge < -0.3 is 9.80 Å². The lowest BCUT2D eigenvalue weighted by molar-refractivity contribution is -0.168. The Labute approximate surface area is 161 Å². The minimum atomic E-state index is -4.40. The third kappa shape index (κ3) is 4.62. The fraction of sp³-hybridized carbons (Fsp3) is 0.526. The molecule has 9 heteroatoms. The Hall–Kier alpha value is -2.60. The molecule has 6 nitrogen and oxygen atoms in total. The van der Waals surface area contributed by atoms with Crippen LogP contribution < -0.4 is 0 Å². The number of amides is 2. The fourth-order valence-electron chi connectivity index (χ4n) is 3.74. The van der Waals surface area contributed by atoms with E-state index in [4.69, 9.17) is 5.26 Å². The van der Waals surface area contributed by atoms with Crippen molar-refractivity contribution in [2.75, 3.05) is 39.3 Å². The van der Waals surface area contributed by atoms with Gasteiger partial charge in [-0.3, -0.25) is 14.5 Å². The summed E-state index contributed by atoms with van der Waals surface area (Å²) in [5.74, 6) is -0.631. The molecule has 2 aliphatic heterocycles. The first kappa shape index (κ1) is 20.1. The van der Waals surface area contributed by atoms with Gasteiger partial charge in [0.1, 0.15) is 6.54 Å². The number of alkyl halides is 3. The van der Waals surface area contributed by atoms with Crippen molar-refractivity contribution < 1.29 is 22.8 Å². The summed E-state index contributed by atoms with van der Waals surface area (Å²) >= 11 is 0. The van der Waals surface area contributed by atoms with E-state index in [1.54, 1.807) is 29.2 Å². The maximum Gasteiger partial charge on any atom is 0.406 e. The summed E-state index contributed by atoms with van der Waals surface area (Å²) in [7, 11) is 0. The van der Waals surface area contributed by atoms with Gasteiger partial charge in [-0.15, -0.1) is 0 Å². The predicted molar refractivity (Wildman–Crippen MR) is 94.3 cm³/mol. The molecule has 2 amide bonds. The Bertz CT molecular complexity index is 765. The lowest BCUT2D eigenvalue weighted by atomic mass is 10.0. The Kier molecular flexibility index (Phi) is 5.89. The zero-order chi connectivity index (χ0) is 20.3. The molecule has 150 valence electrons. The van der Waals surface area contributed by atoms with E-state index in [-0.39, 0.29) is 12.5 Å². The molecule has 0 aromatic heterocycles. The van der Waals surface area contributed by atoms with Gasteiger partial charge in [0.05, 0.1) is 17.7 Å². The van der Waals surface area contributed by atoms with Crippen LogP contribution in [0.3, 0.4) is 0 Å². The number of carbonyl (C=O) groups is 2. The first-order chi connectivity index (χ1) is 13.3. The molecular weight excluding hydrogens is 373 g/mol. The van der Waals surface area contributed by atoms with Gasteiger partial charge in [-0.1, -0.05) is 0 Å². The number of halogens is 3. The number of rotatable bonds is 3. The van der Waals surface area contributed by atoms with Crippen molar-refractivity contribution in [3.63, 3.8) is 0 Å². The second-order valence-electron chi connectivity index (χ2n) is 7.05. The Balaban J connectivity index is 1.57. The third-order valence-corrected chi connectivity index (χ3v) is 5.18. The molecule has 0 bridgehead atoms. The van der Waals surface area contributed by atoms with Crippen molar-refractivity contribution in [2.24, 2.45) is 0 Å². The minimum absolute atomic E-state index is 0.131. The number of piperazine rings is 1. The second kappa shape index (κ2) is 8.19. The van der Waals surface area contributed by atoms with E-state index >= 15 is 0 Å². The zero-order valence-corrected chi connectivity index (χ0v) is 15.3. The highest BCUT2D eigenvalue weighted by molar-refractivity contribution is 5.94. The van der Waals surface area contributed by atoms with Gasteiger partial charge >= 0.3 is 6.18 Å². The first-order valence-electron chi connectivity index (χ1n) is 9.17. The summed E-state index contributed by atoms with van der Waals surface area (Å²) in [6.07, 6.45) is -3.32. The molecule has 28 heavy (non-hydrogen) atoms. The van der Waals surface area contributed by atoms with Crippen LogP contribution in [0.5, 0.6) is 0 Å². The van der Waals surface area contributed by atoms with Crippen LogP contribution in [-0.4, -0.2) is 78.0 Å². The van der Waals surface area contributed by atoms with Gasteiger partial charge in [0.25, 0.3) is 5.91 Å². The maximum atomic E-state index is 12.7. The second-order valence-corrected chi connectivity index (χ2v) is 7.05. The van der Waals surface area contributed by atoms with Crippen LogP contribution >= 0.6 is 0 Å². The zero-order valence-electron chi connectivity index (χ0n) is 15.3. The van der Waals surface area contributed by atoms with E-state index in [0.717, 1.165) is 4.90 Å². The molecule has 1 aromatic carbocycles. The van der Waals surface area contributed by atoms with Gasteiger partial charge in [-0.25, -0.2) is 0 Å². The average molecular weight is 394 g/mol. The van der Waals surface area contributed by atoms with E-state index in [9.17, 15) is 22.8 Å². The largest absolute Gasteiger partial charge is 0.406 e. The highest BCUT2D eigenvalue weighted by Crippen LogP contribution is 2.24. The van der Waals surface area contributed by atoms with Crippen molar-refractivity contribution in [3.8, 4) is 6.07 Å². The molecule has 0 N–H and O–H groups in total. The van der Waals surface area contributed by atoms with Crippen LogP contribution in [0.1, 0.15) is 28.8 Å². The predicted octanol–water partition coefficient (Wildman–Crippen LogP) is 1.87. The van der Waals surface area contributed by atoms with Crippen molar-refractivity contribution >= 4 is 11.8 Å². The first-order valence-corrected chi connectivity index (χ1v) is 9.17. The molecule has 2 aliphatic rings. The van der Waals surface area contributed by atoms with Crippen LogP contribution in [0, 0.1) is 11.3 Å². The standard InChI is InChI=1S/C19H21F3N4O2/c20-19(21,22)13-26-7-1-2-16(18(26)28)24-8-10-25(11-9-24)17(27)15-5-3-14(12-23)4-6-15/h3-6,16H,1-2,7-11,13H2/t16-/m0/s1. The SMILES string of the molecule is N#Cc1ccc(C(=O)N2CCN([C@H]3CCCN(CC(F)(F)F)C3=O)CC2)cc1. The molecule has 1 aromatic rings. The Morgan fingerprint density at radius 3 is 2.32 bits per heavy atom. The molecule has 3 rings (SSSR count). The summed E-state index contributed by atoms with van der Waals surface area (Å²) in [5, 5.41) is 8.83. The lowest BCUT2D eigenvalue weighted by Gasteiger charge is -2.42. The summed E-state index contributed by atoms with van der Waals surface area (Å²) in [6, 6.07) is 7.82. The molecule has 0 radical (unpaired) electrons. The van der Waals surface area contributed by atoms with Crippen molar-refractivity contribution in [1.82, 2.24) is 14.7 Å². The van der Waals surface area contributed by atoms with Crippen molar-refractivity contribution in [2.45, 2.75) is 25.1 Å². The summed E-state index contributed by atoms with van der Waals surface area (Å²) in [4.78, 5) is 29.5.